The predicted octanol–water partition coefficient (Wildman–Crippen LogP) is 5.21. The second-order valence-electron chi connectivity index (χ2n) is 7.52. The molecule has 5 nitrogen and oxygen atoms in total. The number of unbranched alkanes of at least 4 members (excludes halogenated alkanes) is 1. The topological polar surface area (TPSA) is 46.8 Å². The van der Waals surface area contributed by atoms with E-state index in [0.29, 0.717) is 11.6 Å². The first-order valence-electron chi connectivity index (χ1n) is 10.3. The van der Waals surface area contributed by atoms with Crippen molar-refractivity contribution >= 4 is 23.2 Å². The summed E-state index contributed by atoms with van der Waals surface area (Å²) >= 11 is 6.54. The molecule has 0 unspecified atom stereocenters. The Balaban J connectivity index is 1.36. The van der Waals surface area contributed by atoms with Gasteiger partial charge in [-0.1, -0.05) is 37.1 Å². The second-order valence-corrected chi connectivity index (χ2v) is 7.88. The lowest BCUT2D eigenvalue weighted by molar-refractivity contribution is -0.133. The summed E-state index contributed by atoms with van der Waals surface area (Å²) in [4.78, 5) is 18.4. The van der Waals surface area contributed by atoms with E-state index in [-0.39, 0.29) is 12.0 Å². The lowest BCUT2D eigenvalue weighted by atomic mass is 10.1. The van der Waals surface area contributed by atoms with Crippen LogP contribution in [0, 0.1) is 0 Å². The van der Waals surface area contributed by atoms with Gasteiger partial charge in [0.1, 0.15) is 22.7 Å². The zero-order valence-electron chi connectivity index (χ0n) is 16.7. The van der Waals surface area contributed by atoms with Gasteiger partial charge in [0.2, 0.25) is 5.91 Å². The van der Waals surface area contributed by atoms with Crippen LogP contribution in [0.25, 0.3) is 16.8 Å². The number of aromatic nitrogens is 2. The van der Waals surface area contributed by atoms with Crippen molar-refractivity contribution < 1.29 is 9.53 Å². The van der Waals surface area contributed by atoms with E-state index in [2.05, 4.69) is 11.9 Å². The Morgan fingerprint density at radius 2 is 1.93 bits per heavy atom. The average molecular weight is 412 g/mol. The van der Waals surface area contributed by atoms with Crippen LogP contribution in [0.5, 0.6) is 5.75 Å². The number of fused-ring (bicyclic) bond motifs is 1. The lowest BCUT2D eigenvalue weighted by Crippen LogP contribution is -2.41. The summed E-state index contributed by atoms with van der Waals surface area (Å²) in [5.74, 6) is 1.13. The van der Waals surface area contributed by atoms with Crippen LogP contribution in [0.1, 0.15) is 39.0 Å². The van der Waals surface area contributed by atoms with Crippen LogP contribution in [0.2, 0.25) is 5.15 Å². The van der Waals surface area contributed by atoms with Crippen molar-refractivity contribution in [3.63, 3.8) is 0 Å². The largest absolute Gasteiger partial charge is 0.490 e. The molecule has 0 radical (unpaired) electrons. The molecule has 1 fully saturated rings. The van der Waals surface area contributed by atoms with Gasteiger partial charge in [-0.15, -0.1) is 0 Å². The van der Waals surface area contributed by atoms with Gasteiger partial charge in [0.15, 0.2) is 0 Å². The Bertz CT molecular complexity index is 975. The molecule has 0 N–H and O–H groups in total. The van der Waals surface area contributed by atoms with Gasteiger partial charge in [0, 0.05) is 50.3 Å². The SMILES string of the molecule is CCCCC(=O)N1CCC(Oc2ccc(-c3ccc4nccn4c3Cl)cc2)CC1. The van der Waals surface area contributed by atoms with Gasteiger partial charge in [0.05, 0.1) is 0 Å². The first kappa shape index (κ1) is 19.8. The Morgan fingerprint density at radius 1 is 1.17 bits per heavy atom. The number of piperidine rings is 1. The van der Waals surface area contributed by atoms with Gasteiger partial charge in [-0.25, -0.2) is 4.98 Å². The average Bonchev–Trinajstić information content (AvgIpc) is 3.23. The van der Waals surface area contributed by atoms with E-state index in [9.17, 15) is 4.79 Å². The van der Waals surface area contributed by atoms with Crippen LogP contribution in [-0.2, 0) is 4.79 Å². The fraction of sp³-hybridized carbons (Fsp3) is 0.391. The number of rotatable bonds is 6. The number of pyridine rings is 1. The Hall–Kier alpha value is -2.53. The third kappa shape index (κ3) is 4.40. The third-order valence-electron chi connectivity index (χ3n) is 5.51. The molecule has 0 spiro atoms. The first-order valence-corrected chi connectivity index (χ1v) is 10.7. The van der Waals surface area contributed by atoms with E-state index >= 15 is 0 Å². The first-order chi connectivity index (χ1) is 14.2. The van der Waals surface area contributed by atoms with Crippen LogP contribution < -0.4 is 4.74 Å². The van der Waals surface area contributed by atoms with Crippen LogP contribution in [-0.4, -0.2) is 39.4 Å². The Kier molecular flexibility index (Phi) is 6.05. The summed E-state index contributed by atoms with van der Waals surface area (Å²) in [6, 6.07) is 12.0. The zero-order valence-corrected chi connectivity index (χ0v) is 17.4. The van der Waals surface area contributed by atoms with Gasteiger partial charge >= 0.3 is 0 Å². The Morgan fingerprint density at radius 3 is 2.66 bits per heavy atom. The Labute approximate surface area is 176 Å². The number of halogens is 1. The van der Waals surface area contributed by atoms with Gasteiger partial charge in [-0.3, -0.25) is 9.20 Å². The molecule has 152 valence electrons. The molecule has 0 atom stereocenters. The molecule has 1 saturated heterocycles. The minimum absolute atomic E-state index is 0.155. The molecular weight excluding hydrogens is 386 g/mol. The van der Waals surface area contributed by atoms with E-state index in [1.165, 1.54) is 0 Å². The number of carbonyl (C=O) groups excluding carboxylic acids is 1. The van der Waals surface area contributed by atoms with Crippen molar-refractivity contribution in [2.24, 2.45) is 0 Å². The number of benzene rings is 1. The molecular formula is C23H26ClN3O2. The number of hydrogen-bond acceptors (Lipinski definition) is 3. The van der Waals surface area contributed by atoms with E-state index in [1.807, 2.05) is 51.9 Å². The maximum atomic E-state index is 12.2. The van der Waals surface area contributed by atoms with Crippen LogP contribution in [0.4, 0.5) is 0 Å². The summed E-state index contributed by atoms with van der Waals surface area (Å²) in [7, 11) is 0. The highest BCUT2D eigenvalue weighted by Gasteiger charge is 2.23. The van der Waals surface area contributed by atoms with Crippen LogP contribution in [0.15, 0.2) is 48.8 Å². The smallest absolute Gasteiger partial charge is 0.222 e. The monoisotopic (exact) mass is 411 g/mol. The molecule has 6 heteroatoms. The van der Waals surface area contributed by atoms with Gasteiger partial charge in [0.25, 0.3) is 0 Å². The number of nitrogens with zero attached hydrogens (tertiary/aromatic N) is 3. The molecule has 29 heavy (non-hydrogen) atoms. The zero-order chi connectivity index (χ0) is 20.2. The summed E-state index contributed by atoms with van der Waals surface area (Å²) < 4.78 is 8.03. The third-order valence-corrected chi connectivity index (χ3v) is 5.89. The van der Waals surface area contributed by atoms with Crippen molar-refractivity contribution in [2.75, 3.05) is 13.1 Å². The van der Waals surface area contributed by atoms with Crippen LogP contribution >= 0.6 is 11.6 Å². The van der Waals surface area contributed by atoms with Crippen molar-refractivity contribution in [3.8, 4) is 16.9 Å². The van der Waals surface area contributed by atoms with Crippen molar-refractivity contribution in [1.29, 1.82) is 0 Å². The highest BCUT2D eigenvalue weighted by Crippen LogP contribution is 2.30. The standard InChI is InChI=1S/C23H26ClN3O2/c1-2-3-4-22(28)26-14-11-19(12-15-26)29-18-7-5-17(6-8-18)20-9-10-21-25-13-16-27(21)23(20)24/h5-10,13,16,19H,2-4,11-12,14-15H2,1H3. The van der Waals surface area contributed by atoms with E-state index in [0.717, 1.165) is 61.3 Å². The molecule has 3 aromatic rings. The molecule has 0 saturated carbocycles. The molecule has 0 aliphatic carbocycles. The summed E-state index contributed by atoms with van der Waals surface area (Å²) in [5.41, 5.74) is 2.83. The summed E-state index contributed by atoms with van der Waals surface area (Å²) in [6.07, 6.45) is 8.20. The van der Waals surface area contributed by atoms with E-state index < -0.39 is 0 Å². The molecule has 1 aliphatic heterocycles. The number of carbonyl (C=O) groups is 1. The van der Waals surface area contributed by atoms with Gasteiger partial charge in [-0.2, -0.15) is 0 Å². The number of likely N-dealkylation sites (tertiary alicyclic amines) is 1. The minimum Gasteiger partial charge on any atom is -0.490 e. The predicted molar refractivity (Wildman–Crippen MR) is 115 cm³/mol. The second kappa shape index (κ2) is 8.87. The van der Waals surface area contributed by atoms with Gasteiger partial charge < -0.3 is 9.64 Å². The lowest BCUT2D eigenvalue weighted by Gasteiger charge is -2.32. The highest BCUT2D eigenvalue weighted by atomic mass is 35.5. The van der Waals surface area contributed by atoms with Crippen LogP contribution in [0.3, 0.4) is 0 Å². The van der Waals surface area contributed by atoms with Crippen molar-refractivity contribution in [2.45, 2.75) is 45.1 Å². The molecule has 3 heterocycles. The maximum absolute atomic E-state index is 12.2. The number of imidazole rings is 1. The summed E-state index contributed by atoms with van der Waals surface area (Å²) in [6.45, 7) is 3.68. The molecule has 0 bridgehead atoms. The fourth-order valence-corrected chi connectivity index (χ4v) is 4.11. The van der Waals surface area contributed by atoms with Gasteiger partial charge in [-0.05, 0) is 36.2 Å². The van der Waals surface area contributed by atoms with E-state index in [1.54, 1.807) is 6.20 Å². The normalized spacial score (nSPS) is 15.0. The van der Waals surface area contributed by atoms with Crippen molar-refractivity contribution in [1.82, 2.24) is 14.3 Å². The maximum Gasteiger partial charge on any atom is 0.222 e. The van der Waals surface area contributed by atoms with Crippen molar-refractivity contribution in [3.05, 3.63) is 53.9 Å². The number of ether oxygens (including phenoxy) is 1. The molecule has 2 aromatic heterocycles. The number of amides is 1. The molecule has 1 aliphatic rings. The highest BCUT2D eigenvalue weighted by molar-refractivity contribution is 6.32. The molecule has 4 rings (SSSR count). The molecule has 1 aromatic carbocycles. The van der Waals surface area contributed by atoms with E-state index in [4.69, 9.17) is 16.3 Å². The fourth-order valence-electron chi connectivity index (χ4n) is 3.79. The summed E-state index contributed by atoms with van der Waals surface area (Å²) in [5, 5.41) is 0.647. The quantitative estimate of drug-likeness (QED) is 0.523. The molecule has 1 amide bonds. The minimum atomic E-state index is 0.155. The number of hydrogen-bond donors (Lipinski definition) is 0.